The highest BCUT2D eigenvalue weighted by Crippen LogP contribution is 2.32. The molecule has 2 unspecified atom stereocenters. The molecule has 1 heterocycles. The quantitative estimate of drug-likeness (QED) is 0.0484. The van der Waals surface area contributed by atoms with E-state index in [4.69, 9.17) is 53.1 Å². The van der Waals surface area contributed by atoms with Crippen molar-refractivity contribution >= 4 is 0 Å². The lowest BCUT2D eigenvalue weighted by Gasteiger charge is -2.46. The largest absolute Gasteiger partial charge is 0.497 e. The molecule has 11 heteroatoms. The Labute approximate surface area is 408 Å². The fourth-order valence-corrected chi connectivity index (χ4v) is 8.28. The third-order valence-electron chi connectivity index (χ3n) is 12.1. The van der Waals surface area contributed by atoms with Gasteiger partial charge in [-0.3, -0.25) is 0 Å². The van der Waals surface area contributed by atoms with Crippen molar-refractivity contribution in [2.75, 3.05) is 27.4 Å². The summed E-state index contributed by atoms with van der Waals surface area (Å²) in [6.45, 7) is 4.37. The van der Waals surface area contributed by atoms with Gasteiger partial charge in [0.2, 0.25) is 0 Å². The SMILES string of the molecule is CCCC[C@@H](OCc1ccc(OC)cc1)[C@@H](OCc1ccc(OC)cc1)[C@@H](N)CO[C@H]1OC(COCc2ccccc2)[C@H](OCc2ccccc2)[C@@H](OCc2ccccc2)C1OCc1ccccc1. The molecule has 1 aliphatic rings. The van der Waals surface area contributed by atoms with Crippen LogP contribution in [-0.4, -0.2) is 76.4 Å². The van der Waals surface area contributed by atoms with Gasteiger partial charge >= 0.3 is 0 Å². The van der Waals surface area contributed by atoms with E-state index in [2.05, 4.69) is 6.92 Å². The number of methoxy groups -OCH3 is 2. The molecule has 6 aromatic rings. The number of hydrogen-bond donors (Lipinski definition) is 1. The van der Waals surface area contributed by atoms with E-state index in [0.717, 1.165) is 64.1 Å². The van der Waals surface area contributed by atoms with Crippen LogP contribution in [0.15, 0.2) is 170 Å². The molecule has 11 nitrogen and oxygen atoms in total. The van der Waals surface area contributed by atoms with Crippen LogP contribution in [0.5, 0.6) is 11.5 Å². The number of nitrogens with two attached hydrogens (primary N) is 1. The minimum absolute atomic E-state index is 0.0518. The van der Waals surface area contributed by atoms with Crippen LogP contribution in [-0.2, 0) is 77.5 Å². The summed E-state index contributed by atoms with van der Waals surface area (Å²) in [5.41, 5.74) is 13.3. The molecule has 0 bridgehead atoms. The summed E-state index contributed by atoms with van der Waals surface area (Å²) in [7, 11) is 3.31. The molecule has 0 aromatic heterocycles. The van der Waals surface area contributed by atoms with Gasteiger partial charge in [0.25, 0.3) is 0 Å². The maximum Gasteiger partial charge on any atom is 0.187 e. The van der Waals surface area contributed by atoms with Crippen LogP contribution in [0.4, 0.5) is 0 Å². The minimum atomic E-state index is -0.945. The second kappa shape index (κ2) is 28.3. The van der Waals surface area contributed by atoms with Crippen LogP contribution in [0.3, 0.4) is 0 Å². The van der Waals surface area contributed by atoms with Gasteiger partial charge in [-0.1, -0.05) is 165 Å². The lowest BCUT2D eigenvalue weighted by Crippen LogP contribution is -2.62. The first kappa shape index (κ1) is 51.4. The minimum Gasteiger partial charge on any atom is -0.497 e. The molecule has 1 fully saturated rings. The molecule has 1 aliphatic heterocycles. The van der Waals surface area contributed by atoms with E-state index >= 15 is 0 Å². The molecule has 7 rings (SSSR count). The Bertz CT molecular complexity index is 2270. The van der Waals surface area contributed by atoms with Gasteiger partial charge < -0.3 is 53.1 Å². The Morgan fingerprint density at radius 2 is 0.913 bits per heavy atom. The molecule has 0 amide bonds. The van der Waals surface area contributed by atoms with Crippen LogP contribution in [0, 0.1) is 0 Å². The standard InChI is InChI=1S/C58H69NO10/c1-4-5-26-52(63-36-47-27-31-49(60-2)32-28-47)54(64-40-48-29-33-50(61-3)34-30-48)51(59)41-68-58-57(67-39-46-24-16-9-17-25-46)56(66-38-45-22-14-8-15-23-45)55(65-37-44-20-12-7-13-21-44)53(69-58)42-62-35-43-18-10-6-11-19-43/h6-25,27-34,51-58H,4-5,26,35-42,59H2,1-3H3/t51-,52+,53?,54-,55-,56+,57?,58-/m0/s1. The van der Waals surface area contributed by atoms with Gasteiger partial charge in [-0.2, -0.15) is 0 Å². The molecule has 2 N–H and O–H groups in total. The van der Waals surface area contributed by atoms with Crippen molar-refractivity contribution in [2.24, 2.45) is 5.73 Å². The molecule has 1 saturated heterocycles. The number of rotatable bonds is 29. The third-order valence-corrected chi connectivity index (χ3v) is 12.1. The van der Waals surface area contributed by atoms with Gasteiger partial charge in [0, 0.05) is 0 Å². The summed E-state index contributed by atoms with van der Waals surface area (Å²) in [5.74, 6) is 1.55. The zero-order chi connectivity index (χ0) is 47.9. The first-order chi connectivity index (χ1) is 34.0. The topological polar surface area (TPSA) is 118 Å². The third kappa shape index (κ3) is 16.3. The second-order valence-corrected chi connectivity index (χ2v) is 17.3. The first-order valence-corrected chi connectivity index (χ1v) is 24.1. The van der Waals surface area contributed by atoms with Gasteiger partial charge in [-0.05, 0) is 64.1 Å². The average molecular weight is 940 g/mol. The van der Waals surface area contributed by atoms with Crippen molar-refractivity contribution < 1.29 is 47.4 Å². The van der Waals surface area contributed by atoms with Gasteiger partial charge in [-0.15, -0.1) is 0 Å². The van der Waals surface area contributed by atoms with Crippen LogP contribution >= 0.6 is 0 Å². The predicted octanol–water partition coefficient (Wildman–Crippen LogP) is 10.4. The predicted molar refractivity (Wildman–Crippen MR) is 266 cm³/mol. The molecule has 0 saturated carbocycles. The van der Waals surface area contributed by atoms with Gasteiger partial charge in [-0.25, -0.2) is 0 Å². The Kier molecular flexibility index (Phi) is 21.1. The maximum absolute atomic E-state index is 7.28. The van der Waals surface area contributed by atoms with E-state index in [0.29, 0.717) is 33.0 Å². The average Bonchev–Trinajstić information content (AvgIpc) is 3.40. The van der Waals surface area contributed by atoms with Gasteiger partial charge in [0.1, 0.15) is 42.0 Å². The Balaban J connectivity index is 1.19. The smallest absolute Gasteiger partial charge is 0.187 e. The van der Waals surface area contributed by atoms with E-state index in [9.17, 15) is 0 Å². The molecule has 6 aromatic carbocycles. The van der Waals surface area contributed by atoms with Gasteiger partial charge in [0.15, 0.2) is 6.29 Å². The van der Waals surface area contributed by atoms with E-state index in [1.165, 1.54) is 0 Å². The molecule has 0 radical (unpaired) electrons. The molecule has 0 spiro atoms. The second-order valence-electron chi connectivity index (χ2n) is 17.3. The lowest BCUT2D eigenvalue weighted by atomic mass is 9.97. The highest BCUT2D eigenvalue weighted by Gasteiger charge is 2.49. The zero-order valence-electron chi connectivity index (χ0n) is 40.2. The molecular weight excluding hydrogens is 871 g/mol. The number of unbranched alkanes of at least 4 members (excludes halogenated alkanes) is 1. The van der Waals surface area contributed by atoms with Crippen LogP contribution < -0.4 is 15.2 Å². The number of ether oxygens (including phenoxy) is 10. The van der Waals surface area contributed by atoms with Crippen LogP contribution in [0.1, 0.15) is 59.6 Å². The van der Waals surface area contributed by atoms with Crippen LogP contribution in [0.25, 0.3) is 0 Å². The number of benzene rings is 6. The van der Waals surface area contributed by atoms with E-state index < -0.39 is 42.9 Å². The summed E-state index contributed by atoms with van der Waals surface area (Å²) in [4.78, 5) is 0. The Morgan fingerprint density at radius 1 is 0.478 bits per heavy atom. The van der Waals surface area contributed by atoms with Crippen molar-refractivity contribution in [3.05, 3.63) is 203 Å². The molecule has 69 heavy (non-hydrogen) atoms. The van der Waals surface area contributed by atoms with Crippen molar-refractivity contribution in [3.63, 3.8) is 0 Å². The normalized spacial score (nSPS) is 19.4. The maximum atomic E-state index is 7.28. The van der Waals surface area contributed by atoms with E-state index in [-0.39, 0.29) is 25.9 Å². The first-order valence-electron chi connectivity index (χ1n) is 24.1. The van der Waals surface area contributed by atoms with Crippen molar-refractivity contribution in [1.82, 2.24) is 0 Å². The Hall–Kier alpha value is -5.44. The highest BCUT2D eigenvalue weighted by atomic mass is 16.7. The summed E-state index contributed by atoms with van der Waals surface area (Å²) < 4.78 is 65.5. The fourth-order valence-electron chi connectivity index (χ4n) is 8.28. The summed E-state index contributed by atoms with van der Waals surface area (Å²) >= 11 is 0. The van der Waals surface area contributed by atoms with Crippen molar-refractivity contribution in [2.45, 2.75) is 115 Å². The van der Waals surface area contributed by atoms with Crippen molar-refractivity contribution in [1.29, 1.82) is 0 Å². The van der Waals surface area contributed by atoms with Gasteiger partial charge in [0.05, 0.1) is 79.2 Å². The summed E-state index contributed by atoms with van der Waals surface area (Å²) in [6, 6.07) is 55.4. The fraction of sp³-hybridized carbons (Fsp3) is 0.379. The monoisotopic (exact) mass is 939 g/mol. The van der Waals surface area contributed by atoms with Crippen LogP contribution in [0.2, 0.25) is 0 Å². The Morgan fingerprint density at radius 3 is 1.39 bits per heavy atom. The van der Waals surface area contributed by atoms with E-state index in [1.54, 1.807) is 14.2 Å². The lowest BCUT2D eigenvalue weighted by molar-refractivity contribution is -0.329. The molecular formula is C58H69NO10. The molecule has 366 valence electrons. The number of hydrogen-bond acceptors (Lipinski definition) is 11. The molecule has 8 atom stereocenters. The summed E-state index contributed by atoms with van der Waals surface area (Å²) in [6.07, 6.45) is -1.92. The zero-order valence-corrected chi connectivity index (χ0v) is 40.2. The van der Waals surface area contributed by atoms with Crippen molar-refractivity contribution in [3.8, 4) is 11.5 Å². The summed E-state index contributed by atoms with van der Waals surface area (Å²) in [5, 5.41) is 0. The van der Waals surface area contributed by atoms with E-state index in [1.807, 2.05) is 170 Å². The molecule has 0 aliphatic carbocycles. The highest BCUT2D eigenvalue weighted by molar-refractivity contribution is 5.28.